The molecule has 0 spiro atoms. The van der Waals surface area contributed by atoms with Gasteiger partial charge in [-0.2, -0.15) is 11.3 Å². The molecule has 0 amide bonds. The van der Waals surface area contributed by atoms with Crippen molar-refractivity contribution in [1.29, 1.82) is 0 Å². The van der Waals surface area contributed by atoms with E-state index in [0.29, 0.717) is 6.04 Å². The molecule has 2 aromatic heterocycles. The van der Waals surface area contributed by atoms with E-state index in [1.54, 1.807) is 17.6 Å². The second-order valence-electron chi connectivity index (χ2n) is 3.90. The van der Waals surface area contributed by atoms with Gasteiger partial charge in [0, 0.05) is 11.6 Å². The molecule has 0 fully saturated rings. The summed E-state index contributed by atoms with van der Waals surface area (Å²) in [5, 5.41) is 7.89. The largest absolute Gasteiger partial charge is 0.472 e. The minimum absolute atomic E-state index is 0.369. The third-order valence-corrected chi connectivity index (χ3v) is 3.34. The predicted octanol–water partition coefficient (Wildman–Crippen LogP) is 3.62. The highest BCUT2D eigenvalue weighted by Gasteiger charge is 2.12. The first-order chi connectivity index (χ1) is 7.90. The van der Waals surface area contributed by atoms with Gasteiger partial charge in [-0.3, -0.25) is 0 Å². The first-order valence-corrected chi connectivity index (χ1v) is 6.61. The van der Waals surface area contributed by atoms with Crippen molar-refractivity contribution in [1.82, 2.24) is 5.32 Å². The summed E-state index contributed by atoms with van der Waals surface area (Å²) in [6, 6.07) is 4.60. The molecule has 0 aliphatic carbocycles. The highest BCUT2D eigenvalue weighted by molar-refractivity contribution is 7.07. The number of rotatable bonds is 6. The maximum Gasteiger partial charge on any atom is 0.0950 e. The fourth-order valence-electron chi connectivity index (χ4n) is 1.74. The second-order valence-corrected chi connectivity index (χ2v) is 4.68. The van der Waals surface area contributed by atoms with Crippen molar-refractivity contribution in [2.45, 2.75) is 25.8 Å². The Kier molecular flexibility index (Phi) is 4.19. The van der Waals surface area contributed by atoms with Crippen LogP contribution in [-0.2, 0) is 6.42 Å². The van der Waals surface area contributed by atoms with Crippen LogP contribution < -0.4 is 5.32 Å². The fraction of sp³-hybridized carbons (Fsp3) is 0.385. The molecule has 1 unspecified atom stereocenters. The van der Waals surface area contributed by atoms with Gasteiger partial charge in [0.25, 0.3) is 0 Å². The van der Waals surface area contributed by atoms with Crippen molar-refractivity contribution in [3.8, 4) is 0 Å². The van der Waals surface area contributed by atoms with Crippen molar-refractivity contribution < 1.29 is 4.42 Å². The van der Waals surface area contributed by atoms with Crippen LogP contribution >= 0.6 is 11.3 Å². The van der Waals surface area contributed by atoms with Gasteiger partial charge >= 0.3 is 0 Å². The summed E-state index contributed by atoms with van der Waals surface area (Å²) in [6.45, 7) is 3.23. The first-order valence-electron chi connectivity index (χ1n) is 5.66. The topological polar surface area (TPSA) is 25.2 Å². The van der Waals surface area contributed by atoms with Gasteiger partial charge in [0.2, 0.25) is 0 Å². The highest BCUT2D eigenvalue weighted by atomic mass is 32.1. The van der Waals surface area contributed by atoms with E-state index in [-0.39, 0.29) is 0 Å². The van der Waals surface area contributed by atoms with Crippen LogP contribution in [0.25, 0.3) is 0 Å². The highest BCUT2D eigenvalue weighted by Crippen LogP contribution is 2.20. The van der Waals surface area contributed by atoms with Gasteiger partial charge in [0.15, 0.2) is 0 Å². The summed E-state index contributed by atoms with van der Waals surface area (Å²) < 4.78 is 5.16. The van der Waals surface area contributed by atoms with E-state index in [4.69, 9.17) is 4.42 Å². The lowest BCUT2D eigenvalue weighted by atomic mass is 10.0. The molecule has 0 saturated heterocycles. The Hall–Kier alpha value is -1.06. The second kappa shape index (κ2) is 5.87. The van der Waals surface area contributed by atoms with Crippen LogP contribution in [0.1, 0.15) is 30.5 Å². The molecular formula is C13H17NOS. The molecule has 0 aliphatic rings. The molecule has 0 radical (unpaired) electrons. The van der Waals surface area contributed by atoms with Crippen LogP contribution in [0.4, 0.5) is 0 Å². The van der Waals surface area contributed by atoms with Gasteiger partial charge in [-0.25, -0.2) is 0 Å². The molecule has 1 atom stereocenters. The molecule has 0 aliphatic heterocycles. The number of furan rings is 1. The molecule has 2 nitrogen and oxygen atoms in total. The molecule has 86 valence electrons. The SMILES string of the molecule is CCCNC(Cc1ccsc1)c1ccoc1. The van der Waals surface area contributed by atoms with Gasteiger partial charge in [0.1, 0.15) is 0 Å². The number of thiophene rings is 1. The van der Waals surface area contributed by atoms with Crippen LogP contribution in [0.2, 0.25) is 0 Å². The van der Waals surface area contributed by atoms with Crippen LogP contribution in [0, 0.1) is 0 Å². The monoisotopic (exact) mass is 235 g/mol. The maximum atomic E-state index is 5.16. The third kappa shape index (κ3) is 2.97. The standard InChI is InChI=1S/C13H17NOS/c1-2-5-14-13(12-3-6-15-9-12)8-11-4-7-16-10-11/h3-4,6-7,9-10,13-14H,2,5,8H2,1H3. The Balaban J connectivity index is 2.03. The van der Waals surface area contributed by atoms with E-state index in [2.05, 4.69) is 29.1 Å². The van der Waals surface area contributed by atoms with E-state index in [9.17, 15) is 0 Å². The molecule has 16 heavy (non-hydrogen) atoms. The van der Waals surface area contributed by atoms with Crippen molar-refractivity contribution in [3.63, 3.8) is 0 Å². The minimum Gasteiger partial charge on any atom is -0.472 e. The lowest BCUT2D eigenvalue weighted by Gasteiger charge is -2.16. The quantitative estimate of drug-likeness (QED) is 0.827. The van der Waals surface area contributed by atoms with Crippen LogP contribution in [0.5, 0.6) is 0 Å². The molecule has 2 heterocycles. The summed E-state index contributed by atoms with van der Waals surface area (Å²) in [5.74, 6) is 0. The Labute approximate surface area is 100 Å². The smallest absolute Gasteiger partial charge is 0.0950 e. The summed E-state index contributed by atoms with van der Waals surface area (Å²) in [6.07, 6.45) is 5.75. The molecular weight excluding hydrogens is 218 g/mol. The Morgan fingerprint density at radius 3 is 3.00 bits per heavy atom. The number of nitrogens with one attached hydrogen (secondary N) is 1. The Morgan fingerprint density at radius 2 is 2.38 bits per heavy atom. The zero-order valence-corrected chi connectivity index (χ0v) is 10.3. The van der Waals surface area contributed by atoms with E-state index in [0.717, 1.165) is 19.4 Å². The van der Waals surface area contributed by atoms with E-state index in [1.807, 2.05) is 12.3 Å². The summed E-state index contributed by atoms with van der Waals surface area (Å²) >= 11 is 1.75. The normalized spacial score (nSPS) is 12.8. The molecule has 0 aromatic carbocycles. The van der Waals surface area contributed by atoms with Crippen molar-refractivity contribution in [3.05, 3.63) is 46.5 Å². The number of hydrogen-bond acceptors (Lipinski definition) is 3. The zero-order valence-electron chi connectivity index (χ0n) is 9.48. The first kappa shape index (κ1) is 11.4. The van der Waals surface area contributed by atoms with Gasteiger partial charge in [0.05, 0.1) is 12.5 Å². The van der Waals surface area contributed by atoms with Crippen molar-refractivity contribution in [2.75, 3.05) is 6.54 Å². The molecule has 0 bridgehead atoms. The molecule has 2 rings (SSSR count). The maximum absolute atomic E-state index is 5.16. The van der Waals surface area contributed by atoms with Crippen LogP contribution in [0.3, 0.4) is 0 Å². The molecule has 3 heteroatoms. The summed E-state index contributed by atoms with van der Waals surface area (Å²) in [4.78, 5) is 0. The Morgan fingerprint density at radius 1 is 1.44 bits per heavy atom. The van der Waals surface area contributed by atoms with Gasteiger partial charge < -0.3 is 9.73 Å². The molecule has 2 aromatic rings. The van der Waals surface area contributed by atoms with Crippen molar-refractivity contribution in [2.24, 2.45) is 0 Å². The average Bonchev–Trinajstić information content (AvgIpc) is 2.96. The van der Waals surface area contributed by atoms with E-state index < -0.39 is 0 Å². The minimum atomic E-state index is 0.369. The zero-order chi connectivity index (χ0) is 11.2. The van der Waals surface area contributed by atoms with E-state index >= 15 is 0 Å². The van der Waals surface area contributed by atoms with Crippen molar-refractivity contribution >= 4 is 11.3 Å². The Bertz CT molecular complexity index is 380. The van der Waals surface area contributed by atoms with Gasteiger partial charge in [-0.1, -0.05) is 6.92 Å². The average molecular weight is 235 g/mol. The van der Waals surface area contributed by atoms with Gasteiger partial charge in [-0.05, 0) is 47.8 Å². The number of hydrogen-bond donors (Lipinski definition) is 1. The van der Waals surface area contributed by atoms with Crippen LogP contribution in [-0.4, -0.2) is 6.54 Å². The predicted molar refractivity (Wildman–Crippen MR) is 67.8 cm³/mol. The molecule has 0 saturated carbocycles. The molecule has 1 N–H and O–H groups in total. The van der Waals surface area contributed by atoms with E-state index in [1.165, 1.54) is 11.1 Å². The van der Waals surface area contributed by atoms with Gasteiger partial charge in [-0.15, -0.1) is 0 Å². The fourth-order valence-corrected chi connectivity index (χ4v) is 2.43. The third-order valence-electron chi connectivity index (χ3n) is 2.61. The lowest BCUT2D eigenvalue weighted by molar-refractivity contribution is 0.512. The summed E-state index contributed by atoms with van der Waals surface area (Å²) in [5.41, 5.74) is 2.62. The summed E-state index contributed by atoms with van der Waals surface area (Å²) in [7, 11) is 0. The van der Waals surface area contributed by atoms with Crippen LogP contribution in [0.15, 0.2) is 39.8 Å². The lowest BCUT2D eigenvalue weighted by Crippen LogP contribution is -2.23.